The van der Waals surface area contributed by atoms with Crippen molar-refractivity contribution in [3.05, 3.63) is 29.6 Å². The Labute approximate surface area is 112 Å². The predicted octanol–water partition coefficient (Wildman–Crippen LogP) is 1.79. The SMILES string of the molecule is CCOc1c(F)cccc1C(=O)N1CCCC(N)C1. The number of ether oxygens (including phenoxy) is 1. The summed E-state index contributed by atoms with van der Waals surface area (Å²) in [6.45, 7) is 3.26. The molecule has 1 heterocycles. The van der Waals surface area contributed by atoms with Gasteiger partial charge in [0.05, 0.1) is 12.2 Å². The lowest BCUT2D eigenvalue weighted by Gasteiger charge is -2.31. The minimum Gasteiger partial charge on any atom is -0.490 e. The maximum atomic E-state index is 13.7. The molecule has 1 aliphatic heterocycles. The fourth-order valence-electron chi connectivity index (χ4n) is 2.33. The molecule has 2 rings (SSSR count). The molecule has 1 aromatic rings. The third kappa shape index (κ3) is 3.04. The summed E-state index contributed by atoms with van der Waals surface area (Å²) in [4.78, 5) is 14.1. The molecule has 0 bridgehead atoms. The van der Waals surface area contributed by atoms with Crippen LogP contribution in [-0.2, 0) is 0 Å². The molecule has 1 amide bonds. The maximum Gasteiger partial charge on any atom is 0.257 e. The number of piperidine rings is 1. The molecule has 1 saturated heterocycles. The van der Waals surface area contributed by atoms with Crippen LogP contribution in [0.25, 0.3) is 0 Å². The predicted molar refractivity (Wildman–Crippen MR) is 70.7 cm³/mol. The van der Waals surface area contributed by atoms with Crippen molar-refractivity contribution in [1.29, 1.82) is 0 Å². The Morgan fingerprint density at radius 1 is 1.58 bits per heavy atom. The normalized spacial score (nSPS) is 19.3. The number of hydrogen-bond acceptors (Lipinski definition) is 3. The van der Waals surface area contributed by atoms with Crippen molar-refractivity contribution in [3.63, 3.8) is 0 Å². The van der Waals surface area contributed by atoms with Gasteiger partial charge in [0.1, 0.15) is 0 Å². The number of nitrogens with zero attached hydrogens (tertiary/aromatic N) is 1. The fraction of sp³-hybridized carbons (Fsp3) is 0.500. The lowest BCUT2D eigenvalue weighted by Crippen LogP contribution is -2.45. The zero-order chi connectivity index (χ0) is 13.8. The van der Waals surface area contributed by atoms with Gasteiger partial charge in [-0.25, -0.2) is 4.39 Å². The first-order valence-corrected chi connectivity index (χ1v) is 6.59. The van der Waals surface area contributed by atoms with Gasteiger partial charge in [-0.2, -0.15) is 0 Å². The van der Waals surface area contributed by atoms with E-state index in [1.165, 1.54) is 12.1 Å². The van der Waals surface area contributed by atoms with Crippen LogP contribution in [0.15, 0.2) is 18.2 Å². The maximum absolute atomic E-state index is 13.7. The molecular formula is C14H19FN2O2. The largest absolute Gasteiger partial charge is 0.490 e. The summed E-state index contributed by atoms with van der Waals surface area (Å²) < 4.78 is 19.0. The number of likely N-dealkylation sites (tertiary alicyclic amines) is 1. The molecular weight excluding hydrogens is 247 g/mol. The second-order valence-corrected chi connectivity index (χ2v) is 4.70. The molecule has 1 aliphatic rings. The summed E-state index contributed by atoms with van der Waals surface area (Å²) in [6, 6.07) is 4.41. The smallest absolute Gasteiger partial charge is 0.257 e. The van der Waals surface area contributed by atoms with Gasteiger partial charge in [-0.05, 0) is 31.9 Å². The van der Waals surface area contributed by atoms with Crippen LogP contribution in [-0.4, -0.2) is 36.5 Å². The molecule has 104 valence electrons. The van der Waals surface area contributed by atoms with Crippen molar-refractivity contribution in [3.8, 4) is 5.75 Å². The van der Waals surface area contributed by atoms with Crippen LogP contribution in [0.3, 0.4) is 0 Å². The van der Waals surface area contributed by atoms with E-state index in [4.69, 9.17) is 10.5 Å². The van der Waals surface area contributed by atoms with Gasteiger partial charge in [-0.1, -0.05) is 6.07 Å². The minimum atomic E-state index is -0.506. The molecule has 5 heteroatoms. The van der Waals surface area contributed by atoms with E-state index in [-0.39, 0.29) is 23.3 Å². The molecule has 4 nitrogen and oxygen atoms in total. The Morgan fingerprint density at radius 3 is 3.05 bits per heavy atom. The molecule has 0 radical (unpaired) electrons. The quantitative estimate of drug-likeness (QED) is 0.907. The van der Waals surface area contributed by atoms with Gasteiger partial charge in [0.2, 0.25) is 0 Å². The molecule has 0 saturated carbocycles. The van der Waals surface area contributed by atoms with Crippen LogP contribution in [0, 0.1) is 5.82 Å². The average molecular weight is 266 g/mol. The summed E-state index contributed by atoms with van der Waals surface area (Å²) in [7, 11) is 0. The van der Waals surface area contributed by atoms with Crippen LogP contribution < -0.4 is 10.5 Å². The lowest BCUT2D eigenvalue weighted by molar-refractivity contribution is 0.0703. The molecule has 1 atom stereocenters. The number of nitrogens with two attached hydrogens (primary N) is 1. The number of carbonyl (C=O) groups excluding carboxylic acids is 1. The van der Waals surface area contributed by atoms with E-state index in [0.717, 1.165) is 12.8 Å². The fourth-order valence-corrected chi connectivity index (χ4v) is 2.33. The van der Waals surface area contributed by atoms with Gasteiger partial charge >= 0.3 is 0 Å². The summed E-state index contributed by atoms with van der Waals surface area (Å²) in [6.07, 6.45) is 1.80. The number of para-hydroxylation sites is 1. The molecule has 1 unspecified atom stereocenters. The Kier molecular flexibility index (Phi) is 4.37. The van der Waals surface area contributed by atoms with Crippen LogP contribution in [0.4, 0.5) is 4.39 Å². The number of benzene rings is 1. The van der Waals surface area contributed by atoms with E-state index >= 15 is 0 Å². The van der Waals surface area contributed by atoms with Crippen LogP contribution >= 0.6 is 0 Å². The molecule has 0 spiro atoms. The highest BCUT2D eigenvalue weighted by Crippen LogP contribution is 2.25. The standard InChI is InChI=1S/C14H19FN2O2/c1-2-19-13-11(6-3-7-12(13)15)14(18)17-8-4-5-10(16)9-17/h3,6-7,10H,2,4-5,8-9,16H2,1H3. The molecule has 19 heavy (non-hydrogen) atoms. The number of rotatable bonds is 3. The van der Waals surface area contributed by atoms with Crippen molar-refractivity contribution in [2.75, 3.05) is 19.7 Å². The van der Waals surface area contributed by atoms with E-state index < -0.39 is 5.82 Å². The van der Waals surface area contributed by atoms with Crippen molar-refractivity contribution in [2.45, 2.75) is 25.8 Å². The van der Waals surface area contributed by atoms with Gasteiger partial charge in [0.15, 0.2) is 11.6 Å². The Morgan fingerprint density at radius 2 is 2.37 bits per heavy atom. The third-order valence-corrected chi connectivity index (χ3v) is 3.23. The number of amides is 1. The number of hydrogen-bond donors (Lipinski definition) is 1. The van der Waals surface area contributed by atoms with Crippen molar-refractivity contribution < 1.29 is 13.9 Å². The summed E-state index contributed by atoms with van der Waals surface area (Å²) in [5, 5.41) is 0. The van der Waals surface area contributed by atoms with E-state index in [1.807, 2.05) is 0 Å². The van der Waals surface area contributed by atoms with Gasteiger partial charge in [-0.3, -0.25) is 4.79 Å². The molecule has 0 aromatic heterocycles. The summed E-state index contributed by atoms with van der Waals surface area (Å²) in [5.41, 5.74) is 6.14. The van der Waals surface area contributed by atoms with Crippen molar-refractivity contribution in [1.82, 2.24) is 4.90 Å². The highest BCUT2D eigenvalue weighted by molar-refractivity contribution is 5.97. The van der Waals surface area contributed by atoms with E-state index in [2.05, 4.69) is 0 Å². The zero-order valence-electron chi connectivity index (χ0n) is 11.1. The number of carbonyl (C=O) groups is 1. The second kappa shape index (κ2) is 6.02. The van der Waals surface area contributed by atoms with Gasteiger partial charge in [0.25, 0.3) is 5.91 Å². The monoisotopic (exact) mass is 266 g/mol. The van der Waals surface area contributed by atoms with Gasteiger partial charge < -0.3 is 15.4 Å². The summed E-state index contributed by atoms with van der Waals surface area (Å²) >= 11 is 0. The van der Waals surface area contributed by atoms with E-state index in [0.29, 0.717) is 19.7 Å². The first kappa shape index (κ1) is 13.8. The Balaban J connectivity index is 2.25. The zero-order valence-corrected chi connectivity index (χ0v) is 11.1. The third-order valence-electron chi connectivity index (χ3n) is 3.23. The lowest BCUT2D eigenvalue weighted by atomic mass is 10.0. The molecule has 1 fully saturated rings. The van der Waals surface area contributed by atoms with E-state index in [9.17, 15) is 9.18 Å². The summed E-state index contributed by atoms with van der Waals surface area (Å²) in [5.74, 6) is -0.679. The second-order valence-electron chi connectivity index (χ2n) is 4.70. The van der Waals surface area contributed by atoms with Gasteiger partial charge in [-0.15, -0.1) is 0 Å². The minimum absolute atomic E-state index is 0.00167. The van der Waals surface area contributed by atoms with Crippen molar-refractivity contribution in [2.24, 2.45) is 5.73 Å². The molecule has 1 aromatic carbocycles. The highest BCUT2D eigenvalue weighted by atomic mass is 19.1. The first-order chi connectivity index (χ1) is 9.13. The average Bonchev–Trinajstić information content (AvgIpc) is 2.40. The number of halogens is 1. The van der Waals surface area contributed by atoms with Crippen molar-refractivity contribution >= 4 is 5.91 Å². The first-order valence-electron chi connectivity index (χ1n) is 6.59. The topological polar surface area (TPSA) is 55.6 Å². The van der Waals surface area contributed by atoms with Gasteiger partial charge in [0, 0.05) is 19.1 Å². The molecule has 0 aliphatic carbocycles. The Bertz CT molecular complexity index is 465. The van der Waals surface area contributed by atoms with E-state index in [1.54, 1.807) is 17.9 Å². The highest BCUT2D eigenvalue weighted by Gasteiger charge is 2.25. The Hall–Kier alpha value is -1.62. The molecule has 2 N–H and O–H groups in total. The van der Waals surface area contributed by atoms with Crippen LogP contribution in [0.5, 0.6) is 5.75 Å². The van der Waals surface area contributed by atoms with Crippen LogP contribution in [0.1, 0.15) is 30.1 Å². The van der Waals surface area contributed by atoms with Crippen LogP contribution in [0.2, 0.25) is 0 Å².